The first-order valence-electron chi connectivity index (χ1n) is 9.70. The van der Waals surface area contributed by atoms with Crippen LogP contribution in [0.1, 0.15) is 41.0 Å². The van der Waals surface area contributed by atoms with Crippen LogP contribution >= 0.6 is 11.3 Å². The van der Waals surface area contributed by atoms with Gasteiger partial charge in [0.1, 0.15) is 5.82 Å². The van der Waals surface area contributed by atoms with Crippen molar-refractivity contribution in [1.29, 1.82) is 0 Å². The van der Waals surface area contributed by atoms with Crippen LogP contribution in [0.4, 0.5) is 5.82 Å². The van der Waals surface area contributed by atoms with Crippen LogP contribution in [0.15, 0.2) is 72.4 Å². The van der Waals surface area contributed by atoms with Crippen LogP contribution in [-0.2, 0) is 0 Å². The lowest BCUT2D eigenvalue weighted by atomic mass is 10.0. The van der Waals surface area contributed by atoms with Gasteiger partial charge in [0.05, 0.1) is 10.9 Å². The molecule has 0 aliphatic carbocycles. The number of nitrogens with one attached hydrogen (secondary N) is 2. The Balaban J connectivity index is 1.74. The number of carbonyl (C=O) groups is 1. The van der Waals surface area contributed by atoms with Crippen molar-refractivity contribution in [2.45, 2.75) is 25.8 Å². The minimum absolute atomic E-state index is 0.0460. The molecule has 0 aliphatic rings. The Bertz CT molecular complexity index is 952. The molecular weight excluding hydrogens is 380 g/mol. The summed E-state index contributed by atoms with van der Waals surface area (Å²) in [7, 11) is 0. The highest BCUT2D eigenvalue weighted by molar-refractivity contribution is 7.12. The van der Waals surface area contributed by atoms with Gasteiger partial charge >= 0.3 is 0 Å². The Kier molecular flexibility index (Phi) is 7.55. The second-order valence-electron chi connectivity index (χ2n) is 6.64. The Hall–Kier alpha value is -2.96. The molecule has 3 aromatic rings. The molecule has 1 aromatic carbocycles. The molecule has 2 aromatic heterocycles. The van der Waals surface area contributed by atoms with Crippen LogP contribution in [0.3, 0.4) is 0 Å². The topological polar surface area (TPSA) is 80.0 Å². The number of carbonyl (C=O) groups excluding carboxylic acids is 1. The molecule has 1 unspecified atom stereocenters. The van der Waals surface area contributed by atoms with Gasteiger partial charge in [-0.1, -0.05) is 36.4 Å². The van der Waals surface area contributed by atoms with Crippen molar-refractivity contribution in [2.75, 3.05) is 11.9 Å². The summed E-state index contributed by atoms with van der Waals surface area (Å²) in [4.78, 5) is 17.9. The normalized spacial score (nSPS) is 12.1. The molecule has 0 saturated heterocycles. The van der Waals surface area contributed by atoms with Crippen molar-refractivity contribution >= 4 is 23.1 Å². The molecule has 5 nitrogen and oxygen atoms in total. The van der Waals surface area contributed by atoms with Gasteiger partial charge in [-0.3, -0.25) is 4.79 Å². The van der Waals surface area contributed by atoms with Gasteiger partial charge in [-0.15, -0.1) is 11.3 Å². The lowest BCUT2D eigenvalue weighted by Gasteiger charge is -2.18. The van der Waals surface area contributed by atoms with Gasteiger partial charge in [-0.25, -0.2) is 4.98 Å². The van der Waals surface area contributed by atoms with Gasteiger partial charge in [0.2, 0.25) is 0 Å². The van der Waals surface area contributed by atoms with Crippen molar-refractivity contribution in [3.63, 3.8) is 0 Å². The maximum atomic E-state index is 12.9. The van der Waals surface area contributed by atoms with Gasteiger partial charge in [0.25, 0.3) is 5.91 Å². The highest BCUT2D eigenvalue weighted by Gasteiger charge is 2.17. The smallest absolute Gasteiger partial charge is 0.261 e. The molecule has 1 amide bonds. The van der Waals surface area contributed by atoms with Crippen LogP contribution in [0, 0.1) is 0 Å². The average molecular weight is 407 g/mol. The van der Waals surface area contributed by atoms with E-state index in [0.717, 1.165) is 35.3 Å². The Morgan fingerprint density at radius 1 is 1.21 bits per heavy atom. The van der Waals surface area contributed by atoms with Crippen molar-refractivity contribution in [3.05, 3.63) is 82.8 Å². The second-order valence-corrected chi connectivity index (χ2v) is 7.55. The molecule has 0 radical (unpaired) electrons. The zero-order chi connectivity index (χ0) is 20.5. The molecule has 0 aliphatic heterocycles. The summed E-state index contributed by atoms with van der Waals surface area (Å²) in [5, 5.41) is 8.29. The molecule has 150 valence electrons. The molecule has 6 heteroatoms. The van der Waals surface area contributed by atoms with E-state index >= 15 is 0 Å². The molecule has 3 rings (SSSR count). The van der Waals surface area contributed by atoms with E-state index in [1.807, 2.05) is 73.1 Å². The number of rotatable bonds is 9. The van der Waals surface area contributed by atoms with Gasteiger partial charge in [-0.2, -0.15) is 0 Å². The van der Waals surface area contributed by atoms with Gasteiger partial charge in [0, 0.05) is 6.20 Å². The number of nitrogens with zero attached hydrogens (tertiary/aromatic N) is 1. The first-order valence-corrected chi connectivity index (χ1v) is 10.6. The first kappa shape index (κ1) is 20.8. The molecule has 2 heterocycles. The molecule has 0 fully saturated rings. The number of pyridine rings is 1. The molecule has 0 saturated carbocycles. The summed E-state index contributed by atoms with van der Waals surface area (Å²) in [5.41, 5.74) is 8.80. The van der Waals surface area contributed by atoms with E-state index in [0.29, 0.717) is 11.4 Å². The number of nitrogens with two attached hydrogens (primary N) is 1. The van der Waals surface area contributed by atoms with E-state index in [9.17, 15) is 4.79 Å². The summed E-state index contributed by atoms with van der Waals surface area (Å²) in [6, 6.07) is 15.8. The number of hydrogen-bond donors (Lipinski definition) is 3. The van der Waals surface area contributed by atoms with Crippen LogP contribution < -0.4 is 16.4 Å². The summed E-state index contributed by atoms with van der Waals surface area (Å²) in [6.45, 7) is 2.55. The third-order valence-electron chi connectivity index (χ3n) is 4.52. The Morgan fingerprint density at radius 3 is 2.79 bits per heavy atom. The maximum Gasteiger partial charge on any atom is 0.261 e. The van der Waals surface area contributed by atoms with Crippen LogP contribution in [0.5, 0.6) is 0 Å². The molecule has 0 bridgehead atoms. The Morgan fingerprint density at radius 2 is 2.03 bits per heavy atom. The highest BCUT2D eigenvalue weighted by atomic mass is 32.1. The van der Waals surface area contributed by atoms with E-state index in [1.165, 1.54) is 11.3 Å². The molecule has 4 N–H and O–H groups in total. The second kappa shape index (κ2) is 10.5. The van der Waals surface area contributed by atoms with E-state index < -0.39 is 0 Å². The number of thiophene rings is 1. The van der Waals surface area contributed by atoms with E-state index in [1.54, 1.807) is 6.20 Å². The highest BCUT2D eigenvalue weighted by Crippen LogP contribution is 2.28. The van der Waals surface area contributed by atoms with Gasteiger partial charge in [0.15, 0.2) is 0 Å². The summed E-state index contributed by atoms with van der Waals surface area (Å²) in [5.74, 6) is 0.706. The van der Waals surface area contributed by atoms with Gasteiger partial charge < -0.3 is 16.4 Å². The lowest BCUT2D eigenvalue weighted by molar-refractivity contribution is 0.0938. The zero-order valence-electron chi connectivity index (χ0n) is 16.5. The predicted molar refractivity (Wildman–Crippen MR) is 121 cm³/mol. The lowest BCUT2D eigenvalue weighted by Crippen LogP contribution is -2.28. The average Bonchev–Trinajstić information content (AvgIpc) is 3.26. The minimum atomic E-state index is -0.0616. The number of amides is 1. The fraction of sp³-hybridized carbons (Fsp3) is 0.217. The minimum Gasteiger partial charge on any atom is -0.347 e. The Labute approximate surface area is 175 Å². The molecule has 0 spiro atoms. The predicted octanol–water partition coefficient (Wildman–Crippen LogP) is 4.97. The molecule has 1 atom stereocenters. The number of allylic oxidation sites excluding steroid dienone is 1. The standard InChI is InChI=1S/C23H26N4OS/c1-2-12-25-22-15-18(10-13-26-22)19-14-21(29-16-19)23(28)27-20(9-6-11-24)17-7-4-3-5-8-17/h2-5,7-8,10,12-16,20H,6,9,11,24H2,1H3,(H,25,26)(H,27,28)/b12-2-. The molecule has 29 heavy (non-hydrogen) atoms. The number of benzene rings is 1. The van der Waals surface area contributed by atoms with Crippen molar-refractivity contribution in [2.24, 2.45) is 5.73 Å². The summed E-state index contributed by atoms with van der Waals surface area (Å²) < 4.78 is 0. The fourth-order valence-electron chi connectivity index (χ4n) is 3.02. The van der Waals surface area contributed by atoms with Crippen LogP contribution in [0.2, 0.25) is 0 Å². The van der Waals surface area contributed by atoms with Crippen molar-refractivity contribution in [3.8, 4) is 11.1 Å². The first-order chi connectivity index (χ1) is 14.2. The quantitative estimate of drug-likeness (QED) is 0.469. The van der Waals surface area contributed by atoms with Crippen LogP contribution in [-0.4, -0.2) is 17.4 Å². The maximum absolute atomic E-state index is 12.9. The summed E-state index contributed by atoms with van der Waals surface area (Å²) >= 11 is 1.45. The largest absolute Gasteiger partial charge is 0.347 e. The third kappa shape index (κ3) is 5.76. The fourth-order valence-corrected chi connectivity index (χ4v) is 3.84. The van der Waals surface area contributed by atoms with Gasteiger partial charge in [-0.05, 0) is 72.8 Å². The number of hydrogen-bond acceptors (Lipinski definition) is 5. The van der Waals surface area contributed by atoms with E-state index in [2.05, 4.69) is 15.6 Å². The van der Waals surface area contributed by atoms with E-state index in [-0.39, 0.29) is 11.9 Å². The SMILES string of the molecule is C/C=C\Nc1cc(-c2csc(C(=O)NC(CCCN)c3ccccc3)c2)ccn1. The molecular formula is C23H26N4OS. The number of anilines is 1. The summed E-state index contributed by atoms with van der Waals surface area (Å²) in [6.07, 6.45) is 7.18. The third-order valence-corrected chi connectivity index (χ3v) is 5.45. The van der Waals surface area contributed by atoms with Crippen molar-refractivity contribution < 1.29 is 4.79 Å². The van der Waals surface area contributed by atoms with E-state index in [4.69, 9.17) is 5.73 Å². The zero-order valence-corrected chi connectivity index (χ0v) is 17.3. The monoisotopic (exact) mass is 406 g/mol. The van der Waals surface area contributed by atoms with Crippen LogP contribution in [0.25, 0.3) is 11.1 Å². The van der Waals surface area contributed by atoms with Crippen molar-refractivity contribution in [1.82, 2.24) is 10.3 Å². The number of aromatic nitrogens is 1.